The second kappa shape index (κ2) is 13.0. The molecule has 6 nitrogen and oxygen atoms in total. The Morgan fingerprint density at radius 2 is 1.65 bits per heavy atom. The van der Waals surface area contributed by atoms with Gasteiger partial charge in [-0.3, -0.25) is 4.84 Å². The van der Waals surface area contributed by atoms with Crippen molar-refractivity contribution in [2.75, 3.05) is 51.4 Å². The first-order chi connectivity index (χ1) is 18.3. The maximum atomic E-state index is 6.21. The normalized spacial score (nSPS) is 16.3. The van der Waals surface area contributed by atoms with Crippen molar-refractivity contribution >= 4 is 5.69 Å². The minimum atomic E-state index is 0.575. The summed E-state index contributed by atoms with van der Waals surface area (Å²) in [5.74, 6) is 2.44. The molecule has 0 atom stereocenters. The van der Waals surface area contributed by atoms with E-state index in [1.165, 1.54) is 22.4 Å². The van der Waals surface area contributed by atoms with E-state index in [0.29, 0.717) is 19.1 Å². The van der Waals surface area contributed by atoms with E-state index < -0.39 is 0 Å². The molecule has 2 aliphatic rings. The van der Waals surface area contributed by atoms with Gasteiger partial charge >= 0.3 is 0 Å². The maximum Gasteiger partial charge on any atom is 0.142 e. The smallest absolute Gasteiger partial charge is 0.142 e. The Balaban J connectivity index is 1.08. The van der Waals surface area contributed by atoms with Crippen LogP contribution in [-0.4, -0.2) is 51.6 Å². The molecule has 0 spiro atoms. The van der Waals surface area contributed by atoms with Gasteiger partial charge in [0, 0.05) is 33.4 Å². The molecule has 0 aliphatic carbocycles. The number of anilines is 1. The molecule has 0 bridgehead atoms. The quantitative estimate of drug-likeness (QED) is 0.308. The molecule has 0 saturated carbocycles. The van der Waals surface area contributed by atoms with Gasteiger partial charge in [0.2, 0.25) is 0 Å². The Labute approximate surface area is 220 Å². The van der Waals surface area contributed by atoms with Gasteiger partial charge in [-0.05, 0) is 66.1 Å². The van der Waals surface area contributed by atoms with Crippen molar-refractivity contribution in [3.05, 3.63) is 89.5 Å². The summed E-state index contributed by atoms with van der Waals surface area (Å²) in [6, 6.07) is 25.3. The topological polar surface area (TPSA) is 43.4 Å². The number of hydrogen-bond donors (Lipinski definition) is 0. The molecule has 0 aromatic heterocycles. The standard InChI is InChI=1S/C31H38N2O4/c1-34-20-5-16-32-19-21-35-31-13-10-26(22-30(31)32)24-37-33-17-14-28(15-18-33)27-11-8-25(9-12-27)23-36-29-6-3-2-4-7-29/h2-4,6-13,22,28H,5,14-21,23-24H2,1H3. The number of ether oxygens (including phenoxy) is 3. The molecule has 37 heavy (non-hydrogen) atoms. The van der Waals surface area contributed by atoms with Crippen LogP contribution in [0.5, 0.6) is 11.5 Å². The largest absolute Gasteiger partial charge is 0.490 e. The van der Waals surface area contributed by atoms with E-state index in [2.05, 4.69) is 52.4 Å². The fourth-order valence-corrected chi connectivity index (χ4v) is 5.09. The van der Waals surface area contributed by atoms with Crippen LogP contribution in [0.2, 0.25) is 0 Å². The van der Waals surface area contributed by atoms with Crippen molar-refractivity contribution < 1.29 is 19.0 Å². The Hall–Kier alpha value is -3.06. The first kappa shape index (κ1) is 25.6. The van der Waals surface area contributed by atoms with Gasteiger partial charge in [0.15, 0.2) is 0 Å². The lowest BCUT2D eigenvalue weighted by atomic mass is 9.90. The van der Waals surface area contributed by atoms with Crippen LogP contribution < -0.4 is 14.4 Å². The molecule has 5 rings (SSSR count). The van der Waals surface area contributed by atoms with Gasteiger partial charge in [0.1, 0.15) is 24.7 Å². The summed E-state index contributed by atoms with van der Waals surface area (Å²) >= 11 is 0. The predicted molar refractivity (Wildman–Crippen MR) is 146 cm³/mol. The van der Waals surface area contributed by atoms with Crippen LogP contribution in [0.15, 0.2) is 72.8 Å². The van der Waals surface area contributed by atoms with Crippen LogP contribution in [0.1, 0.15) is 41.9 Å². The Morgan fingerprint density at radius 1 is 0.865 bits per heavy atom. The Kier molecular flexibility index (Phi) is 8.95. The van der Waals surface area contributed by atoms with Crippen LogP contribution in [-0.2, 0) is 22.8 Å². The first-order valence-corrected chi connectivity index (χ1v) is 13.4. The summed E-state index contributed by atoms with van der Waals surface area (Å²) in [6.07, 6.45) is 3.21. The summed E-state index contributed by atoms with van der Waals surface area (Å²) in [5, 5.41) is 2.13. The van der Waals surface area contributed by atoms with Crippen LogP contribution in [0, 0.1) is 0 Å². The van der Waals surface area contributed by atoms with Crippen molar-refractivity contribution in [2.45, 2.75) is 38.4 Å². The molecule has 6 heteroatoms. The SMILES string of the molecule is COCCCN1CCOc2ccc(CON3CCC(c4ccc(COc5ccccc5)cc4)CC3)cc21. The second-order valence-electron chi connectivity index (χ2n) is 9.80. The van der Waals surface area contributed by atoms with E-state index in [4.69, 9.17) is 19.0 Å². The van der Waals surface area contributed by atoms with Gasteiger partial charge in [-0.1, -0.05) is 48.5 Å². The zero-order valence-corrected chi connectivity index (χ0v) is 21.8. The van der Waals surface area contributed by atoms with Gasteiger partial charge in [-0.2, -0.15) is 5.06 Å². The van der Waals surface area contributed by atoms with Crippen LogP contribution in [0.4, 0.5) is 5.69 Å². The predicted octanol–water partition coefficient (Wildman–Crippen LogP) is 5.81. The van der Waals surface area contributed by atoms with E-state index in [1.807, 2.05) is 30.3 Å². The van der Waals surface area contributed by atoms with Gasteiger partial charge in [0.25, 0.3) is 0 Å². The van der Waals surface area contributed by atoms with Crippen molar-refractivity contribution in [1.82, 2.24) is 5.06 Å². The molecule has 1 saturated heterocycles. The monoisotopic (exact) mass is 502 g/mol. The third-order valence-corrected chi connectivity index (χ3v) is 7.23. The lowest BCUT2D eigenvalue weighted by molar-refractivity contribution is -0.180. The molecular formula is C31H38N2O4. The summed E-state index contributed by atoms with van der Waals surface area (Å²) in [6.45, 7) is 6.46. The number of benzene rings is 3. The molecular weight excluding hydrogens is 464 g/mol. The van der Waals surface area contributed by atoms with E-state index in [0.717, 1.165) is 70.2 Å². The van der Waals surface area contributed by atoms with Gasteiger partial charge in [-0.25, -0.2) is 0 Å². The van der Waals surface area contributed by atoms with Crippen LogP contribution in [0.25, 0.3) is 0 Å². The van der Waals surface area contributed by atoms with E-state index in [-0.39, 0.29) is 0 Å². The van der Waals surface area contributed by atoms with Gasteiger partial charge < -0.3 is 19.1 Å². The fraction of sp³-hybridized carbons (Fsp3) is 0.419. The zero-order valence-electron chi connectivity index (χ0n) is 21.8. The number of fused-ring (bicyclic) bond motifs is 1. The minimum absolute atomic E-state index is 0.575. The Bertz CT molecular complexity index is 1100. The lowest BCUT2D eigenvalue weighted by Gasteiger charge is -2.33. The molecule has 0 unspecified atom stereocenters. The zero-order chi connectivity index (χ0) is 25.3. The summed E-state index contributed by atoms with van der Waals surface area (Å²) in [5.41, 5.74) is 4.95. The van der Waals surface area contributed by atoms with Crippen molar-refractivity contribution in [3.8, 4) is 11.5 Å². The molecule has 0 N–H and O–H groups in total. The lowest BCUT2D eigenvalue weighted by Crippen LogP contribution is -2.34. The highest BCUT2D eigenvalue weighted by Gasteiger charge is 2.22. The minimum Gasteiger partial charge on any atom is -0.490 e. The molecule has 2 aliphatic heterocycles. The molecule has 196 valence electrons. The highest BCUT2D eigenvalue weighted by atomic mass is 16.7. The van der Waals surface area contributed by atoms with Crippen molar-refractivity contribution in [3.63, 3.8) is 0 Å². The number of rotatable bonds is 11. The second-order valence-corrected chi connectivity index (χ2v) is 9.80. The number of para-hydroxylation sites is 1. The maximum absolute atomic E-state index is 6.21. The molecule has 0 radical (unpaired) electrons. The van der Waals surface area contributed by atoms with Gasteiger partial charge in [0.05, 0.1) is 18.8 Å². The number of piperidine rings is 1. The third kappa shape index (κ3) is 7.04. The van der Waals surface area contributed by atoms with E-state index >= 15 is 0 Å². The highest BCUT2D eigenvalue weighted by molar-refractivity contribution is 5.61. The van der Waals surface area contributed by atoms with Crippen molar-refractivity contribution in [1.29, 1.82) is 0 Å². The van der Waals surface area contributed by atoms with E-state index in [1.54, 1.807) is 7.11 Å². The fourth-order valence-electron chi connectivity index (χ4n) is 5.09. The number of hydrogen-bond acceptors (Lipinski definition) is 6. The van der Waals surface area contributed by atoms with E-state index in [9.17, 15) is 0 Å². The molecule has 3 aromatic carbocycles. The first-order valence-electron chi connectivity index (χ1n) is 13.4. The van der Waals surface area contributed by atoms with Crippen LogP contribution in [0.3, 0.4) is 0 Å². The molecule has 1 fully saturated rings. The number of hydroxylamine groups is 2. The highest BCUT2D eigenvalue weighted by Crippen LogP contribution is 2.33. The molecule has 3 aromatic rings. The average Bonchev–Trinajstić information content (AvgIpc) is 2.96. The number of nitrogens with zero attached hydrogens (tertiary/aromatic N) is 2. The summed E-state index contributed by atoms with van der Waals surface area (Å²) in [7, 11) is 1.75. The summed E-state index contributed by atoms with van der Waals surface area (Å²) < 4.78 is 17.0. The van der Waals surface area contributed by atoms with Gasteiger partial charge in [-0.15, -0.1) is 0 Å². The molecule has 2 heterocycles. The average molecular weight is 503 g/mol. The molecule has 0 amide bonds. The third-order valence-electron chi connectivity index (χ3n) is 7.23. The summed E-state index contributed by atoms with van der Waals surface area (Å²) in [4.78, 5) is 8.60. The number of methoxy groups -OCH3 is 1. The van der Waals surface area contributed by atoms with Crippen molar-refractivity contribution in [2.24, 2.45) is 0 Å². The Morgan fingerprint density at radius 3 is 2.43 bits per heavy atom. The van der Waals surface area contributed by atoms with Crippen LogP contribution >= 0.6 is 0 Å².